The molecule has 6 nitrogen and oxygen atoms in total. The molecule has 1 amide bonds. The van der Waals surface area contributed by atoms with Crippen molar-refractivity contribution in [2.75, 3.05) is 47.1 Å². The number of nitrogens with zero attached hydrogens (tertiary/aromatic N) is 3. The van der Waals surface area contributed by atoms with Crippen LogP contribution in [-0.4, -0.2) is 73.7 Å². The van der Waals surface area contributed by atoms with Crippen molar-refractivity contribution < 1.29 is 14.3 Å². The van der Waals surface area contributed by atoms with Gasteiger partial charge in [-0.15, -0.1) is 0 Å². The molecule has 4 aliphatic rings. The number of benzene rings is 1. The Labute approximate surface area is 149 Å². The first kappa shape index (κ1) is 16.7. The number of hydrogen-bond donors (Lipinski definition) is 0. The van der Waals surface area contributed by atoms with Crippen LogP contribution in [0.2, 0.25) is 0 Å². The van der Waals surface area contributed by atoms with Crippen LogP contribution < -0.4 is 9.47 Å². The summed E-state index contributed by atoms with van der Waals surface area (Å²) < 4.78 is 10.9. The molecule has 0 saturated carbocycles. The van der Waals surface area contributed by atoms with E-state index in [4.69, 9.17) is 9.47 Å². The Kier molecular flexibility index (Phi) is 4.56. The van der Waals surface area contributed by atoms with Crippen molar-refractivity contribution in [1.29, 1.82) is 0 Å². The first-order valence-corrected chi connectivity index (χ1v) is 9.13. The molecule has 136 valence electrons. The molecule has 25 heavy (non-hydrogen) atoms. The summed E-state index contributed by atoms with van der Waals surface area (Å²) in [6, 6.07) is 6.78. The van der Waals surface area contributed by atoms with Crippen molar-refractivity contribution in [2.45, 2.75) is 25.4 Å². The van der Waals surface area contributed by atoms with Gasteiger partial charge in [-0.2, -0.15) is 0 Å². The van der Waals surface area contributed by atoms with Gasteiger partial charge in [-0.1, -0.05) is 6.07 Å². The fraction of sp³-hybridized carbons (Fsp3) is 0.632. The highest BCUT2D eigenvalue weighted by Crippen LogP contribution is 2.34. The van der Waals surface area contributed by atoms with E-state index < -0.39 is 0 Å². The van der Waals surface area contributed by atoms with Gasteiger partial charge in [-0.25, -0.2) is 0 Å². The first-order valence-electron chi connectivity index (χ1n) is 9.13. The molecule has 1 aromatic carbocycles. The van der Waals surface area contributed by atoms with Crippen LogP contribution in [0.5, 0.6) is 11.5 Å². The monoisotopic (exact) mass is 345 g/mol. The molecular formula is C19H27N3O3. The van der Waals surface area contributed by atoms with Gasteiger partial charge in [0.2, 0.25) is 12.7 Å². The van der Waals surface area contributed by atoms with E-state index >= 15 is 0 Å². The lowest BCUT2D eigenvalue weighted by molar-refractivity contribution is -0.130. The normalized spacial score (nSPS) is 25.8. The zero-order valence-electron chi connectivity index (χ0n) is 15.1. The lowest BCUT2D eigenvalue weighted by atomic mass is 9.94. The van der Waals surface area contributed by atoms with Gasteiger partial charge in [0.15, 0.2) is 11.5 Å². The average molecular weight is 345 g/mol. The summed E-state index contributed by atoms with van der Waals surface area (Å²) in [7, 11) is 3.67. The maximum atomic E-state index is 12.1. The molecule has 3 saturated heterocycles. The second-order valence-corrected chi connectivity index (χ2v) is 7.70. The molecule has 0 aliphatic carbocycles. The number of carbonyl (C=O) groups excluding carboxylic acids is 1. The van der Waals surface area contributed by atoms with Gasteiger partial charge < -0.3 is 14.4 Å². The SMILES string of the molecule is CN(C)C(=O)CN1C[C@H]2CC[C@@H](C1)N(Cc1ccc3c(c1)OCO3)C2. The van der Waals surface area contributed by atoms with Gasteiger partial charge >= 0.3 is 0 Å². The lowest BCUT2D eigenvalue weighted by Gasteiger charge is -2.36. The van der Waals surface area contributed by atoms with E-state index in [0.29, 0.717) is 25.3 Å². The highest BCUT2D eigenvalue weighted by Gasteiger charge is 2.35. The Balaban J connectivity index is 1.43. The number of fused-ring (bicyclic) bond motifs is 5. The Bertz CT molecular complexity index is 649. The molecule has 2 bridgehead atoms. The Morgan fingerprint density at radius 1 is 1.16 bits per heavy atom. The van der Waals surface area contributed by atoms with Crippen molar-refractivity contribution in [2.24, 2.45) is 5.92 Å². The Morgan fingerprint density at radius 2 is 2.00 bits per heavy atom. The summed E-state index contributed by atoms with van der Waals surface area (Å²) in [6.45, 7) is 4.94. The van der Waals surface area contributed by atoms with Crippen LogP contribution in [0.4, 0.5) is 0 Å². The fourth-order valence-electron chi connectivity index (χ4n) is 4.21. The van der Waals surface area contributed by atoms with Crippen molar-refractivity contribution in [3.05, 3.63) is 23.8 Å². The number of rotatable bonds is 4. The van der Waals surface area contributed by atoms with Gasteiger partial charge in [0.25, 0.3) is 0 Å². The van der Waals surface area contributed by atoms with Crippen LogP contribution in [0.15, 0.2) is 18.2 Å². The number of likely N-dealkylation sites (N-methyl/N-ethyl adjacent to an activating group) is 1. The van der Waals surface area contributed by atoms with Gasteiger partial charge in [-0.3, -0.25) is 14.6 Å². The highest BCUT2D eigenvalue weighted by molar-refractivity contribution is 5.77. The minimum atomic E-state index is 0.198. The quantitative estimate of drug-likeness (QED) is 0.825. The van der Waals surface area contributed by atoms with Crippen molar-refractivity contribution in [3.8, 4) is 11.5 Å². The summed E-state index contributed by atoms with van der Waals surface area (Å²) in [4.78, 5) is 18.7. The van der Waals surface area contributed by atoms with E-state index in [1.54, 1.807) is 4.90 Å². The molecule has 4 heterocycles. The van der Waals surface area contributed by atoms with Crippen LogP contribution in [0, 0.1) is 5.92 Å². The molecule has 0 N–H and O–H groups in total. The second-order valence-electron chi connectivity index (χ2n) is 7.70. The molecule has 0 spiro atoms. The Morgan fingerprint density at radius 3 is 2.84 bits per heavy atom. The number of hydrogen-bond acceptors (Lipinski definition) is 5. The molecule has 2 atom stereocenters. The fourth-order valence-corrected chi connectivity index (χ4v) is 4.21. The summed E-state index contributed by atoms with van der Waals surface area (Å²) >= 11 is 0. The molecular weight excluding hydrogens is 318 g/mol. The molecule has 5 rings (SSSR count). The van der Waals surface area contributed by atoms with E-state index in [1.165, 1.54) is 18.4 Å². The summed E-state index contributed by atoms with van der Waals surface area (Å²) in [5, 5.41) is 0. The minimum Gasteiger partial charge on any atom is -0.454 e. The summed E-state index contributed by atoms with van der Waals surface area (Å²) in [6.07, 6.45) is 2.50. The van der Waals surface area contributed by atoms with Crippen LogP contribution in [0.25, 0.3) is 0 Å². The first-order chi connectivity index (χ1) is 12.1. The van der Waals surface area contributed by atoms with Crippen molar-refractivity contribution in [1.82, 2.24) is 14.7 Å². The standard InChI is InChI=1S/C19H27N3O3/c1-20(2)19(23)12-21-8-15-3-5-16(11-21)22(10-15)9-14-4-6-17-18(7-14)25-13-24-17/h4,6-7,15-16H,3,5,8-13H2,1-2H3/t15-,16+/m1/s1. The molecule has 0 unspecified atom stereocenters. The second kappa shape index (κ2) is 6.84. The zero-order valence-corrected chi connectivity index (χ0v) is 15.1. The molecule has 1 aromatic rings. The topological polar surface area (TPSA) is 45.3 Å². The predicted octanol–water partition coefficient (Wildman–Crippen LogP) is 1.40. The third-order valence-electron chi connectivity index (χ3n) is 5.58. The van der Waals surface area contributed by atoms with Gasteiger partial charge in [0, 0.05) is 46.3 Å². The Hall–Kier alpha value is -1.79. The molecule has 4 aliphatic heterocycles. The van der Waals surface area contributed by atoms with Crippen LogP contribution in [0.3, 0.4) is 0 Å². The number of ether oxygens (including phenoxy) is 2. The third-order valence-corrected chi connectivity index (χ3v) is 5.58. The molecule has 6 heteroatoms. The zero-order chi connectivity index (χ0) is 17.4. The highest BCUT2D eigenvalue weighted by atomic mass is 16.7. The molecule has 0 radical (unpaired) electrons. The minimum absolute atomic E-state index is 0.198. The lowest BCUT2D eigenvalue weighted by Crippen LogP contribution is -2.44. The van der Waals surface area contributed by atoms with E-state index in [9.17, 15) is 4.79 Å². The van der Waals surface area contributed by atoms with E-state index in [2.05, 4.69) is 21.9 Å². The molecule has 0 aromatic heterocycles. The van der Waals surface area contributed by atoms with Crippen LogP contribution in [0.1, 0.15) is 18.4 Å². The van der Waals surface area contributed by atoms with Gasteiger partial charge in [0.1, 0.15) is 0 Å². The van der Waals surface area contributed by atoms with Crippen LogP contribution in [-0.2, 0) is 11.3 Å². The van der Waals surface area contributed by atoms with Crippen LogP contribution >= 0.6 is 0 Å². The smallest absolute Gasteiger partial charge is 0.236 e. The average Bonchev–Trinajstić information content (AvgIpc) is 2.88. The predicted molar refractivity (Wildman–Crippen MR) is 94.6 cm³/mol. The summed E-state index contributed by atoms with van der Waals surface area (Å²) in [5.41, 5.74) is 1.27. The maximum absolute atomic E-state index is 12.1. The number of piperidine rings is 1. The summed E-state index contributed by atoms with van der Waals surface area (Å²) in [5.74, 6) is 2.55. The van der Waals surface area contributed by atoms with E-state index in [0.717, 1.165) is 37.7 Å². The van der Waals surface area contributed by atoms with E-state index in [-0.39, 0.29) is 5.91 Å². The van der Waals surface area contributed by atoms with Gasteiger partial charge in [-0.05, 0) is 36.5 Å². The van der Waals surface area contributed by atoms with Crippen molar-refractivity contribution >= 4 is 5.91 Å². The third kappa shape index (κ3) is 3.60. The van der Waals surface area contributed by atoms with Crippen molar-refractivity contribution in [3.63, 3.8) is 0 Å². The maximum Gasteiger partial charge on any atom is 0.236 e. The largest absolute Gasteiger partial charge is 0.454 e. The van der Waals surface area contributed by atoms with E-state index in [1.807, 2.05) is 20.2 Å². The van der Waals surface area contributed by atoms with Gasteiger partial charge in [0.05, 0.1) is 6.54 Å². The number of carbonyl (C=O) groups is 1. The number of amides is 1. The molecule has 3 fully saturated rings.